The number of alkyl halides is 1. The molecule has 0 aromatic rings. The third-order valence-corrected chi connectivity index (χ3v) is 2.80. The summed E-state index contributed by atoms with van der Waals surface area (Å²) in [6.45, 7) is 3.17. The average molecular weight is 207 g/mol. The van der Waals surface area contributed by atoms with Gasteiger partial charge in [-0.15, -0.1) is 0 Å². The lowest BCUT2D eigenvalue weighted by molar-refractivity contribution is 0.104. The van der Waals surface area contributed by atoms with E-state index in [0.717, 1.165) is 17.9 Å². The molecular formula is C8H15BrO. The summed E-state index contributed by atoms with van der Waals surface area (Å²) in [6, 6.07) is 0. The van der Waals surface area contributed by atoms with E-state index < -0.39 is 0 Å². The van der Waals surface area contributed by atoms with Crippen LogP contribution in [0.3, 0.4) is 0 Å². The Morgan fingerprint density at radius 1 is 1.60 bits per heavy atom. The largest absolute Gasteiger partial charge is 0.378 e. The molecule has 0 aromatic carbocycles. The van der Waals surface area contributed by atoms with E-state index in [4.69, 9.17) is 4.74 Å². The van der Waals surface area contributed by atoms with Gasteiger partial charge in [0, 0.05) is 11.9 Å². The highest BCUT2D eigenvalue weighted by atomic mass is 79.9. The molecule has 1 nitrogen and oxygen atoms in total. The van der Waals surface area contributed by atoms with Crippen molar-refractivity contribution < 1.29 is 4.74 Å². The maximum Gasteiger partial charge on any atom is 0.0576 e. The molecule has 1 heterocycles. The van der Waals surface area contributed by atoms with Gasteiger partial charge in [0.05, 0.1) is 6.10 Å². The second kappa shape index (κ2) is 4.35. The molecule has 0 spiro atoms. The first-order valence-electron chi connectivity index (χ1n) is 4.02. The molecule has 0 N–H and O–H groups in total. The fraction of sp³-hybridized carbons (Fsp3) is 1.00. The summed E-state index contributed by atoms with van der Waals surface area (Å²) in [5.74, 6) is 0.831. The van der Waals surface area contributed by atoms with Crippen molar-refractivity contribution in [1.82, 2.24) is 0 Å². The highest BCUT2D eigenvalue weighted by Crippen LogP contribution is 2.24. The van der Waals surface area contributed by atoms with Crippen molar-refractivity contribution in [2.24, 2.45) is 5.92 Å². The molecule has 0 amide bonds. The van der Waals surface area contributed by atoms with Gasteiger partial charge < -0.3 is 4.74 Å². The van der Waals surface area contributed by atoms with Gasteiger partial charge in [-0.25, -0.2) is 0 Å². The van der Waals surface area contributed by atoms with Gasteiger partial charge in [-0.05, 0) is 32.1 Å². The van der Waals surface area contributed by atoms with E-state index in [-0.39, 0.29) is 0 Å². The van der Waals surface area contributed by atoms with E-state index >= 15 is 0 Å². The van der Waals surface area contributed by atoms with Gasteiger partial charge in [0.15, 0.2) is 0 Å². The Morgan fingerprint density at radius 3 is 2.90 bits per heavy atom. The molecule has 10 heavy (non-hydrogen) atoms. The van der Waals surface area contributed by atoms with Crippen LogP contribution in [0.5, 0.6) is 0 Å². The maximum atomic E-state index is 5.45. The van der Waals surface area contributed by atoms with Gasteiger partial charge in [-0.3, -0.25) is 0 Å². The average Bonchev–Trinajstić information content (AvgIpc) is 2.31. The second-order valence-corrected chi connectivity index (χ2v) is 3.75. The van der Waals surface area contributed by atoms with E-state index in [1.807, 2.05) is 0 Å². The highest BCUT2D eigenvalue weighted by molar-refractivity contribution is 9.09. The molecule has 1 saturated heterocycles. The first kappa shape index (κ1) is 8.54. The van der Waals surface area contributed by atoms with Crippen molar-refractivity contribution in [2.75, 3.05) is 11.9 Å². The summed E-state index contributed by atoms with van der Waals surface area (Å²) in [4.78, 5) is 0. The fourth-order valence-corrected chi connectivity index (χ4v) is 1.82. The molecule has 2 atom stereocenters. The zero-order chi connectivity index (χ0) is 7.40. The van der Waals surface area contributed by atoms with Gasteiger partial charge in [0.2, 0.25) is 0 Å². The summed E-state index contributed by atoms with van der Waals surface area (Å²) in [6.07, 6.45) is 4.40. The third-order valence-electron chi connectivity index (χ3n) is 2.24. The molecule has 1 aliphatic rings. The summed E-state index contributed by atoms with van der Waals surface area (Å²) in [5, 5.41) is 1.14. The van der Waals surface area contributed by atoms with Crippen molar-refractivity contribution in [3.8, 4) is 0 Å². The number of halogens is 1. The Kier molecular flexibility index (Phi) is 3.71. The SMILES string of the molecule is CC1OCCC1CCCBr. The number of rotatable bonds is 3. The van der Waals surface area contributed by atoms with E-state index in [0.29, 0.717) is 6.10 Å². The molecule has 0 saturated carbocycles. The van der Waals surface area contributed by atoms with Crippen LogP contribution < -0.4 is 0 Å². The lowest BCUT2D eigenvalue weighted by Crippen LogP contribution is -2.10. The first-order chi connectivity index (χ1) is 4.84. The predicted octanol–water partition coefficient (Wildman–Crippen LogP) is 2.59. The summed E-state index contributed by atoms with van der Waals surface area (Å²) < 4.78 is 5.45. The van der Waals surface area contributed by atoms with Crippen molar-refractivity contribution in [3.05, 3.63) is 0 Å². The highest BCUT2D eigenvalue weighted by Gasteiger charge is 2.22. The van der Waals surface area contributed by atoms with Crippen LogP contribution in [-0.2, 0) is 4.74 Å². The quantitative estimate of drug-likeness (QED) is 0.646. The van der Waals surface area contributed by atoms with Crippen molar-refractivity contribution in [3.63, 3.8) is 0 Å². The van der Waals surface area contributed by atoms with Gasteiger partial charge in [-0.1, -0.05) is 15.9 Å². The topological polar surface area (TPSA) is 9.23 Å². The van der Waals surface area contributed by atoms with E-state index in [9.17, 15) is 0 Å². The molecule has 1 rings (SSSR count). The molecule has 1 fully saturated rings. The third kappa shape index (κ3) is 2.24. The lowest BCUT2D eigenvalue weighted by atomic mass is 9.98. The van der Waals surface area contributed by atoms with Crippen LogP contribution >= 0.6 is 15.9 Å². The number of hydrogen-bond donors (Lipinski definition) is 0. The van der Waals surface area contributed by atoms with E-state index in [1.54, 1.807) is 0 Å². The molecule has 0 aliphatic carbocycles. The molecule has 2 heteroatoms. The second-order valence-electron chi connectivity index (χ2n) is 2.96. The molecule has 1 aliphatic heterocycles. The van der Waals surface area contributed by atoms with Gasteiger partial charge in [0.1, 0.15) is 0 Å². The van der Waals surface area contributed by atoms with Crippen LogP contribution in [0.2, 0.25) is 0 Å². The van der Waals surface area contributed by atoms with Crippen LogP contribution in [0, 0.1) is 5.92 Å². The van der Waals surface area contributed by atoms with Gasteiger partial charge in [-0.2, -0.15) is 0 Å². The zero-order valence-corrected chi connectivity index (χ0v) is 8.06. The van der Waals surface area contributed by atoms with E-state index in [1.165, 1.54) is 19.3 Å². The first-order valence-corrected chi connectivity index (χ1v) is 5.14. The Hall–Kier alpha value is 0.440. The molecule has 0 radical (unpaired) electrons. The van der Waals surface area contributed by atoms with Crippen LogP contribution in [-0.4, -0.2) is 18.0 Å². The van der Waals surface area contributed by atoms with Gasteiger partial charge >= 0.3 is 0 Å². The Labute approximate surface area is 71.3 Å². The van der Waals surface area contributed by atoms with Crippen LogP contribution in [0.25, 0.3) is 0 Å². The minimum Gasteiger partial charge on any atom is -0.378 e. The standard InChI is InChI=1S/C8H15BrO/c1-7-8(3-2-5-9)4-6-10-7/h7-8H,2-6H2,1H3. The summed E-state index contributed by atoms with van der Waals surface area (Å²) >= 11 is 3.44. The normalized spacial score (nSPS) is 33.0. The maximum absolute atomic E-state index is 5.45. The number of hydrogen-bond acceptors (Lipinski definition) is 1. The summed E-state index contributed by atoms with van der Waals surface area (Å²) in [5.41, 5.74) is 0. The molecule has 0 aromatic heterocycles. The number of ether oxygens (including phenoxy) is 1. The van der Waals surface area contributed by atoms with Crippen LogP contribution in [0.15, 0.2) is 0 Å². The van der Waals surface area contributed by atoms with E-state index in [2.05, 4.69) is 22.9 Å². The Bertz CT molecular complexity index is 95.3. The molecule has 60 valence electrons. The van der Waals surface area contributed by atoms with Gasteiger partial charge in [0.25, 0.3) is 0 Å². The minimum absolute atomic E-state index is 0.513. The molecule has 2 unspecified atom stereocenters. The van der Waals surface area contributed by atoms with Crippen molar-refractivity contribution in [1.29, 1.82) is 0 Å². The summed E-state index contributed by atoms with van der Waals surface area (Å²) in [7, 11) is 0. The van der Waals surface area contributed by atoms with Crippen molar-refractivity contribution in [2.45, 2.75) is 32.3 Å². The predicted molar refractivity (Wildman–Crippen MR) is 46.5 cm³/mol. The Morgan fingerprint density at radius 2 is 2.40 bits per heavy atom. The fourth-order valence-electron chi connectivity index (χ4n) is 1.49. The van der Waals surface area contributed by atoms with Crippen molar-refractivity contribution >= 4 is 15.9 Å². The minimum atomic E-state index is 0.513. The van der Waals surface area contributed by atoms with Crippen LogP contribution in [0.1, 0.15) is 26.2 Å². The zero-order valence-electron chi connectivity index (χ0n) is 6.48. The molecular weight excluding hydrogens is 192 g/mol. The smallest absolute Gasteiger partial charge is 0.0576 e. The lowest BCUT2D eigenvalue weighted by Gasteiger charge is -2.11. The Balaban J connectivity index is 2.14. The monoisotopic (exact) mass is 206 g/mol. The van der Waals surface area contributed by atoms with Crippen LogP contribution in [0.4, 0.5) is 0 Å². The molecule has 0 bridgehead atoms.